The maximum Gasteiger partial charge on any atom is 0.156 e. The van der Waals surface area contributed by atoms with Crippen LogP contribution in [0.5, 0.6) is 0 Å². The van der Waals surface area contributed by atoms with Crippen molar-refractivity contribution < 1.29 is 0 Å². The molecule has 1 aliphatic heterocycles. The van der Waals surface area contributed by atoms with Crippen LogP contribution in [0.1, 0.15) is 20.3 Å². The van der Waals surface area contributed by atoms with Gasteiger partial charge in [0, 0.05) is 30.5 Å². The number of fused-ring (bicyclic) bond motifs is 1. The van der Waals surface area contributed by atoms with Crippen molar-refractivity contribution in [2.75, 3.05) is 18.0 Å². The topological polar surface area (TPSA) is 44.8 Å². The summed E-state index contributed by atoms with van der Waals surface area (Å²) in [6, 6.07) is 10.6. The minimum absolute atomic E-state index is 0.403. The fourth-order valence-corrected chi connectivity index (χ4v) is 3.16. The quantitative estimate of drug-likeness (QED) is 0.780. The Morgan fingerprint density at radius 1 is 1.23 bits per heavy atom. The van der Waals surface area contributed by atoms with Crippen molar-refractivity contribution in [2.45, 2.75) is 20.3 Å². The monoisotopic (exact) mass is 292 g/mol. The molecule has 1 aliphatic rings. The third kappa shape index (κ3) is 2.34. The van der Waals surface area contributed by atoms with E-state index in [4.69, 9.17) is 0 Å². The van der Waals surface area contributed by atoms with E-state index >= 15 is 0 Å². The van der Waals surface area contributed by atoms with Crippen LogP contribution in [0.2, 0.25) is 0 Å². The smallest absolute Gasteiger partial charge is 0.156 e. The second-order valence-electron chi connectivity index (χ2n) is 6.85. The molecule has 4 nitrogen and oxygen atoms in total. The Bertz CT molecular complexity index is 819. The molecule has 3 heterocycles. The lowest BCUT2D eigenvalue weighted by atomic mass is 9.93. The summed E-state index contributed by atoms with van der Waals surface area (Å²) in [4.78, 5) is 14.7. The molecule has 3 aromatic rings. The number of nitrogens with one attached hydrogen (secondary N) is 1. The lowest BCUT2D eigenvalue weighted by Gasteiger charge is -2.22. The lowest BCUT2D eigenvalue weighted by molar-refractivity contribution is 0.418. The number of hydrogen-bond acceptors (Lipinski definition) is 3. The summed E-state index contributed by atoms with van der Waals surface area (Å²) in [6.45, 7) is 6.91. The normalized spacial score (nSPS) is 17.3. The highest BCUT2D eigenvalue weighted by Crippen LogP contribution is 2.33. The second-order valence-corrected chi connectivity index (χ2v) is 6.85. The number of anilines is 1. The van der Waals surface area contributed by atoms with Gasteiger partial charge in [0.25, 0.3) is 0 Å². The van der Waals surface area contributed by atoms with E-state index in [9.17, 15) is 0 Å². The van der Waals surface area contributed by atoms with Crippen molar-refractivity contribution in [1.82, 2.24) is 15.0 Å². The lowest BCUT2D eigenvalue weighted by Crippen LogP contribution is -2.22. The number of nitrogens with zero attached hydrogens (tertiary/aromatic N) is 3. The van der Waals surface area contributed by atoms with Gasteiger partial charge in [0.2, 0.25) is 0 Å². The number of benzene rings is 1. The van der Waals surface area contributed by atoms with Crippen molar-refractivity contribution in [1.29, 1.82) is 0 Å². The molecule has 0 saturated carbocycles. The first-order valence-corrected chi connectivity index (χ1v) is 7.76. The minimum Gasteiger partial charge on any atom is -0.371 e. The molecule has 1 N–H and O–H groups in total. The van der Waals surface area contributed by atoms with Crippen molar-refractivity contribution in [3.63, 3.8) is 0 Å². The van der Waals surface area contributed by atoms with E-state index in [0.29, 0.717) is 5.41 Å². The van der Waals surface area contributed by atoms with Crippen LogP contribution in [0.15, 0.2) is 42.7 Å². The summed E-state index contributed by atoms with van der Waals surface area (Å²) >= 11 is 0. The van der Waals surface area contributed by atoms with Gasteiger partial charge in [0.1, 0.15) is 5.52 Å². The Hall–Kier alpha value is -2.36. The van der Waals surface area contributed by atoms with Gasteiger partial charge in [-0.2, -0.15) is 0 Å². The molecular weight excluding hydrogens is 272 g/mol. The molecule has 112 valence electrons. The summed E-state index contributed by atoms with van der Waals surface area (Å²) in [6.07, 6.45) is 4.95. The van der Waals surface area contributed by atoms with Crippen molar-refractivity contribution in [3.05, 3.63) is 42.7 Å². The van der Waals surface area contributed by atoms with Crippen LogP contribution in [-0.4, -0.2) is 28.0 Å². The van der Waals surface area contributed by atoms with Gasteiger partial charge in [-0.25, -0.2) is 9.97 Å². The number of aromatic amines is 1. The third-order valence-corrected chi connectivity index (χ3v) is 4.45. The van der Waals surface area contributed by atoms with Gasteiger partial charge in [-0.1, -0.05) is 26.0 Å². The highest BCUT2D eigenvalue weighted by atomic mass is 15.2. The van der Waals surface area contributed by atoms with Crippen LogP contribution in [0, 0.1) is 5.41 Å². The van der Waals surface area contributed by atoms with E-state index in [0.717, 1.165) is 35.5 Å². The van der Waals surface area contributed by atoms with Gasteiger partial charge in [0.15, 0.2) is 5.65 Å². The standard InChI is InChI=1S/C18H20N4/c1-18(2)7-9-22(12-18)14-5-3-4-13(10-14)16-11-20-17-15(21-16)6-8-19-17/h3-6,8,10-11H,7,9,12H2,1-2H3,(H,19,20). The number of rotatable bonds is 2. The Kier molecular flexibility index (Phi) is 2.93. The van der Waals surface area contributed by atoms with E-state index in [1.807, 2.05) is 18.5 Å². The van der Waals surface area contributed by atoms with Crippen LogP contribution >= 0.6 is 0 Å². The minimum atomic E-state index is 0.403. The first-order chi connectivity index (χ1) is 10.6. The summed E-state index contributed by atoms with van der Waals surface area (Å²) in [7, 11) is 0. The van der Waals surface area contributed by atoms with Crippen molar-refractivity contribution >= 4 is 16.9 Å². The molecule has 0 amide bonds. The molecule has 0 radical (unpaired) electrons. The molecule has 0 atom stereocenters. The SMILES string of the molecule is CC1(C)CCN(c2cccc(-c3cnc4[nH]ccc4n3)c2)C1. The molecule has 0 spiro atoms. The Morgan fingerprint density at radius 3 is 2.95 bits per heavy atom. The van der Waals surface area contributed by atoms with Gasteiger partial charge in [-0.3, -0.25) is 0 Å². The highest BCUT2D eigenvalue weighted by Gasteiger charge is 2.29. The Balaban J connectivity index is 1.69. The average molecular weight is 292 g/mol. The Morgan fingerprint density at radius 2 is 2.14 bits per heavy atom. The van der Waals surface area contributed by atoms with E-state index in [2.05, 4.69) is 58.0 Å². The molecule has 0 bridgehead atoms. The fourth-order valence-electron chi connectivity index (χ4n) is 3.16. The van der Waals surface area contributed by atoms with Gasteiger partial charge in [0.05, 0.1) is 11.9 Å². The van der Waals surface area contributed by atoms with E-state index in [1.165, 1.54) is 12.1 Å². The second kappa shape index (κ2) is 4.83. The molecule has 0 aliphatic carbocycles. The predicted octanol–water partition coefficient (Wildman–Crippen LogP) is 3.86. The van der Waals surface area contributed by atoms with E-state index in [-0.39, 0.29) is 0 Å². The predicted molar refractivity (Wildman–Crippen MR) is 89.9 cm³/mol. The van der Waals surface area contributed by atoms with E-state index in [1.54, 1.807) is 0 Å². The molecule has 1 fully saturated rings. The molecule has 4 heteroatoms. The number of aromatic nitrogens is 3. The molecule has 1 aromatic carbocycles. The van der Waals surface area contributed by atoms with Crippen LogP contribution in [0.4, 0.5) is 5.69 Å². The highest BCUT2D eigenvalue weighted by molar-refractivity contribution is 5.75. The number of hydrogen-bond donors (Lipinski definition) is 1. The summed E-state index contributed by atoms with van der Waals surface area (Å²) in [5.74, 6) is 0. The maximum absolute atomic E-state index is 4.69. The van der Waals surface area contributed by atoms with Gasteiger partial charge >= 0.3 is 0 Å². The molecule has 2 aromatic heterocycles. The zero-order chi connectivity index (χ0) is 15.2. The molecule has 1 saturated heterocycles. The van der Waals surface area contributed by atoms with E-state index < -0.39 is 0 Å². The van der Waals surface area contributed by atoms with Crippen molar-refractivity contribution in [3.8, 4) is 11.3 Å². The molecule has 22 heavy (non-hydrogen) atoms. The molecular formula is C18H20N4. The fraction of sp³-hybridized carbons (Fsp3) is 0.333. The van der Waals surface area contributed by atoms with Crippen LogP contribution < -0.4 is 4.90 Å². The number of H-pyrrole nitrogens is 1. The van der Waals surface area contributed by atoms with Crippen LogP contribution in [-0.2, 0) is 0 Å². The zero-order valence-electron chi connectivity index (χ0n) is 13.0. The van der Waals surface area contributed by atoms with Crippen LogP contribution in [0.3, 0.4) is 0 Å². The summed E-state index contributed by atoms with van der Waals surface area (Å²) in [5.41, 5.74) is 5.47. The third-order valence-electron chi connectivity index (χ3n) is 4.45. The van der Waals surface area contributed by atoms with Gasteiger partial charge in [-0.05, 0) is 30.0 Å². The molecule has 0 unspecified atom stereocenters. The largest absolute Gasteiger partial charge is 0.371 e. The zero-order valence-corrected chi connectivity index (χ0v) is 13.0. The summed E-state index contributed by atoms with van der Waals surface area (Å²) in [5, 5.41) is 0. The summed E-state index contributed by atoms with van der Waals surface area (Å²) < 4.78 is 0. The first kappa shape index (κ1) is 13.3. The molecule has 4 rings (SSSR count). The first-order valence-electron chi connectivity index (χ1n) is 7.76. The maximum atomic E-state index is 4.69. The van der Waals surface area contributed by atoms with Gasteiger partial charge < -0.3 is 9.88 Å². The van der Waals surface area contributed by atoms with Gasteiger partial charge in [-0.15, -0.1) is 0 Å². The average Bonchev–Trinajstić information content (AvgIpc) is 3.12. The van der Waals surface area contributed by atoms with Crippen LogP contribution in [0.25, 0.3) is 22.4 Å². The van der Waals surface area contributed by atoms with Crippen molar-refractivity contribution in [2.24, 2.45) is 5.41 Å². The Labute approximate surface area is 130 Å².